The van der Waals surface area contributed by atoms with E-state index in [9.17, 15) is 4.79 Å². The first-order chi connectivity index (χ1) is 14.1. The molecule has 0 aliphatic carbocycles. The van der Waals surface area contributed by atoms with E-state index >= 15 is 0 Å². The van der Waals surface area contributed by atoms with Crippen molar-refractivity contribution in [2.24, 2.45) is 0 Å². The predicted molar refractivity (Wildman–Crippen MR) is 111 cm³/mol. The van der Waals surface area contributed by atoms with E-state index in [0.29, 0.717) is 27.9 Å². The van der Waals surface area contributed by atoms with Crippen LogP contribution in [0.1, 0.15) is 16.1 Å². The molecule has 2 heterocycles. The molecule has 0 radical (unpaired) electrons. The number of halogens is 1. The van der Waals surface area contributed by atoms with Crippen molar-refractivity contribution in [1.29, 1.82) is 0 Å². The van der Waals surface area contributed by atoms with E-state index in [4.69, 9.17) is 20.5 Å². The van der Waals surface area contributed by atoms with Gasteiger partial charge in [0, 0.05) is 16.0 Å². The summed E-state index contributed by atoms with van der Waals surface area (Å²) in [4.78, 5) is 14.0. The summed E-state index contributed by atoms with van der Waals surface area (Å²) in [5.41, 5.74) is 1.95. The minimum atomic E-state index is -0.480. The number of hydrogen-bond acceptors (Lipinski definition) is 7. The molecule has 4 aromatic rings. The van der Waals surface area contributed by atoms with E-state index < -0.39 is 5.91 Å². The molecule has 1 N–H and O–H groups in total. The Morgan fingerprint density at radius 2 is 1.86 bits per heavy atom. The summed E-state index contributed by atoms with van der Waals surface area (Å²) < 4.78 is 10.8. The number of thioether (sulfide) groups is 1. The molecule has 29 heavy (non-hydrogen) atoms. The van der Waals surface area contributed by atoms with Crippen LogP contribution in [0.15, 0.2) is 62.4 Å². The monoisotopic (exact) mass is 426 g/mol. The molecule has 0 atom stereocenters. The van der Waals surface area contributed by atoms with E-state index in [1.54, 1.807) is 43.0 Å². The highest BCUT2D eigenvalue weighted by molar-refractivity contribution is 7.98. The average molecular weight is 427 g/mol. The van der Waals surface area contributed by atoms with Crippen LogP contribution in [-0.4, -0.2) is 27.5 Å². The van der Waals surface area contributed by atoms with Gasteiger partial charge in [0.2, 0.25) is 5.89 Å². The summed E-state index contributed by atoms with van der Waals surface area (Å²) >= 11 is 7.88. The molecule has 0 saturated heterocycles. The number of nitrogens with one attached hydrogen (secondary N) is 1. The number of aromatic nitrogens is 3. The zero-order valence-corrected chi connectivity index (χ0v) is 17.0. The smallest absolute Gasteiger partial charge is 0.322 e. The number of nitrogens with zero attached hydrogens (tertiary/aromatic N) is 3. The lowest BCUT2D eigenvalue weighted by molar-refractivity contribution is 0.102. The molecular weight excluding hydrogens is 412 g/mol. The van der Waals surface area contributed by atoms with Gasteiger partial charge in [0.05, 0.1) is 5.02 Å². The second-order valence-corrected chi connectivity index (χ2v) is 7.32. The number of anilines is 1. The summed E-state index contributed by atoms with van der Waals surface area (Å²) in [6, 6.07) is 14.7. The highest BCUT2D eigenvalue weighted by atomic mass is 35.5. The van der Waals surface area contributed by atoms with Gasteiger partial charge in [-0.05, 0) is 43.5 Å². The van der Waals surface area contributed by atoms with E-state index in [-0.39, 0.29) is 11.6 Å². The third-order valence-electron chi connectivity index (χ3n) is 4.20. The van der Waals surface area contributed by atoms with Crippen molar-refractivity contribution in [3.05, 3.63) is 64.9 Å². The first-order valence-corrected chi connectivity index (χ1v) is 10.2. The van der Waals surface area contributed by atoms with Gasteiger partial charge >= 0.3 is 6.01 Å². The third kappa shape index (κ3) is 3.90. The van der Waals surface area contributed by atoms with Crippen molar-refractivity contribution in [2.75, 3.05) is 11.6 Å². The molecule has 0 unspecified atom stereocenters. The fourth-order valence-electron chi connectivity index (χ4n) is 2.76. The number of carbonyl (C=O) groups excluding carboxylic acids is 1. The standard InChI is InChI=1S/C20H15ClN4O3S/c1-11-16(17(25-28-11)14-5-3-4-6-15(14)21)18(26)22-20-24-23-19(27-20)12-7-9-13(29-2)10-8-12/h3-10H,1-2H3,(H,22,24,26). The molecule has 0 bridgehead atoms. The molecular formula is C20H15ClN4O3S. The zero-order chi connectivity index (χ0) is 20.4. The lowest BCUT2D eigenvalue weighted by Crippen LogP contribution is -2.13. The predicted octanol–water partition coefficient (Wildman–Crippen LogP) is 5.33. The molecule has 0 aliphatic heterocycles. The van der Waals surface area contributed by atoms with Gasteiger partial charge in [0.15, 0.2) is 0 Å². The number of carbonyl (C=O) groups is 1. The summed E-state index contributed by atoms with van der Waals surface area (Å²) in [5, 5.41) is 15.0. The van der Waals surface area contributed by atoms with Gasteiger partial charge in [0.1, 0.15) is 17.0 Å². The van der Waals surface area contributed by atoms with Crippen LogP contribution in [0.4, 0.5) is 6.01 Å². The molecule has 2 aromatic carbocycles. The van der Waals surface area contributed by atoms with Gasteiger partial charge in [0.25, 0.3) is 5.91 Å². The lowest BCUT2D eigenvalue weighted by atomic mass is 10.1. The van der Waals surface area contributed by atoms with Gasteiger partial charge in [-0.15, -0.1) is 16.9 Å². The SMILES string of the molecule is CSc1ccc(-c2nnc(NC(=O)c3c(-c4ccccc4Cl)noc3C)o2)cc1. The maximum atomic E-state index is 12.8. The summed E-state index contributed by atoms with van der Waals surface area (Å²) in [7, 11) is 0. The van der Waals surface area contributed by atoms with E-state index in [1.807, 2.05) is 30.5 Å². The van der Waals surface area contributed by atoms with Crippen molar-refractivity contribution in [3.63, 3.8) is 0 Å². The molecule has 0 spiro atoms. The van der Waals surface area contributed by atoms with Crippen molar-refractivity contribution in [2.45, 2.75) is 11.8 Å². The van der Waals surface area contributed by atoms with E-state index in [0.717, 1.165) is 10.5 Å². The number of hydrogen-bond donors (Lipinski definition) is 1. The van der Waals surface area contributed by atoms with Gasteiger partial charge in [-0.25, -0.2) is 0 Å². The molecule has 4 rings (SSSR count). The van der Waals surface area contributed by atoms with Crippen LogP contribution in [0.5, 0.6) is 0 Å². The van der Waals surface area contributed by atoms with Gasteiger partial charge in [-0.3, -0.25) is 10.1 Å². The zero-order valence-electron chi connectivity index (χ0n) is 15.5. The van der Waals surface area contributed by atoms with E-state index in [1.165, 1.54) is 0 Å². The Bertz CT molecular complexity index is 1170. The molecule has 7 nitrogen and oxygen atoms in total. The highest BCUT2D eigenvalue weighted by Crippen LogP contribution is 2.31. The summed E-state index contributed by atoms with van der Waals surface area (Å²) in [5.74, 6) is 0.178. The van der Waals surface area contributed by atoms with Gasteiger partial charge in [-0.2, -0.15) is 0 Å². The Labute approximate surface area is 175 Å². The Hall–Kier alpha value is -3.10. The maximum Gasteiger partial charge on any atom is 0.322 e. The second kappa shape index (κ2) is 8.10. The van der Waals surface area contributed by atoms with Crippen LogP contribution in [0.3, 0.4) is 0 Å². The molecule has 1 amide bonds. The molecule has 0 saturated carbocycles. The van der Waals surface area contributed by atoms with Crippen LogP contribution in [0, 0.1) is 6.92 Å². The molecule has 146 valence electrons. The first-order valence-electron chi connectivity index (χ1n) is 8.57. The quantitative estimate of drug-likeness (QED) is 0.431. The lowest BCUT2D eigenvalue weighted by Gasteiger charge is -2.04. The Morgan fingerprint density at radius 1 is 1.10 bits per heavy atom. The molecule has 0 aliphatic rings. The van der Waals surface area contributed by atoms with E-state index in [2.05, 4.69) is 20.7 Å². The van der Waals surface area contributed by atoms with Gasteiger partial charge < -0.3 is 8.94 Å². The van der Waals surface area contributed by atoms with Crippen molar-refractivity contribution < 1.29 is 13.7 Å². The normalized spacial score (nSPS) is 10.9. The topological polar surface area (TPSA) is 94.1 Å². The van der Waals surface area contributed by atoms with Crippen LogP contribution < -0.4 is 5.32 Å². The number of amides is 1. The minimum absolute atomic E-state index is 0.0235. The summed E-state index contributed by atoms with van der Waals surface area (Å²) in [6.07, 6.45) is 2.00. The minimum Gasteiger partial charge on any atom is -0.403 e. The van der Waals surface area contributed by atoms with Crippen LogP contribution >= 0.6 is 23.4 Å². The third-order valence-corrected chi connectivity index (χ3v) is 5.27. The van der Waals surface area contributed by atoms with Crippen LogP contribution in [0.2, 0.25) is 5.02 Å². The van der Waals surface area contributed by atoms with Crippen molar-refractivity contribution in [3.8, 4) is 22.7 Å². The molecule has 2 aromatic heterocycles. The van der Waals surface area contributed by atoms with Crippen molar-refractivity contribution in [1.82, 2.24) is 15.4 Å². The average Bonchev–Trinajstić information content (AvgIpc) is 3.35. The number of benzene rings is 2. The fourth-order valence-corrected chi connectivity index (χ4v) is 3.39. The summed E-state index contributed by atoms with van der Waals surface area (Å²) in [6.45, 7) is 1.65. The molecule has 0 fully saturated rings. The second-order valence-electron chi connectivity index (χ2n) is 6.04. The fraction of sp³-hybridized carbons (Fsp3) is 0.100. The number of aryl methyl sites for hydroxylation is 1. The highest BCUT2D eigenvalue weighted by Gasteiger charge is 2.24. The van der Waals surface area contributed by atoms with Crippen LogP contribution in [-0.2, 0) is 0 Å². The maximum absolute atomic E-state index is 12.8. The van der Waals surface area contributed by atoms with Crippen LogP contribution in [0.25, 0.3) is 22.7 Å². The Balaban J connectivity index is 1.59. The number of rotatable bonds is 5. The molecule has 9 heteroatoms. The largest absolute Gasteiger partial charge is 0.403 e. The first kappa shape index (κ1) is 19.2. The van der Waals surface area contributed by atoms with Crippen molar-refractivity contribution >= 4 is 35.3 Å². The Kier molecular flexibility index (Phi) is 5.37. The Morgan fingerprint density at radius 3 is 2.59 bits per heavy atom. The van der Waals surface area contributed by atoms with Gasteiger partial charge in [-0.1, -0.05) is 40.1 Å².